The van der Waals surface area contributed by atoms with E-state index in [4.69, 9.17) is 5.11 Å². The molecule has 2 atom stereocenters. The summed E-state index contributed by atoms with van der Waals surface area (Å²) in [5.41, 5.74) is 0. The van der Waals surface area contributed by atoms with Crippen molar-refractivity contribution < 1.29 is 15.3 Å². The van der Waals surface area contributed by atoms with E-state index >= 15 is 0 Å². The maximum atomic E-state index is 9.55. The molecule has 3 nitrogen and oxygen atoms in total. The lowest BCUT2D eigenvalue weighted by Crippen LogP contribution is -2.18. The third-order valence-corrected chi connectivity index (χ3v) is 3.46. The van der Waals surface area contributed by atoms with E-state index < -0.39 is 12.2 Å². The van der Waals surface area contributed by atoms with Gasteiger partial charge in [0.15, 0.2) is 0 Å². The SMILES string of the molecule is OCc1ccc(C(O)C(O)CBr)s1. The Morgan fingerprint density at radius 3 is 2.54 bits per heavy atom. The van der Waals surface area contributed by atoms with Gasteiger partial charge in [-0.1, -0.05) is 15.9 Å². The van der Waals surface area contributed by atoms with Gasteiger partial charge < -0.3 is 15.3 Å². The van der Waals surface area contributed by atoms with Gasteiger partial charge in [0.1, 0.15) is 6.10 Å². The molecule has 0 aromatic carbocycles. The van der Waals surface area contributed by atoms with Crippen LogP contribution in [0.25, 0.3) is 0 Å². The van der Waals surface area contributed by atoms with Crippen LogP contribution in [0.3, 0.4) is 0 Å². The first-order valence-electron chi connectivity index (χ1n) is 3.80. The van der Waals surface area contributed by atoms with Crippen LogP contribution < -0.4 is 0 Å². The predicted octanol–water partition coefficient (Wildman–Crippen LogP) is 1.03. The predicted molar refractivity (Wildman–Crippen MR) is 55.0 cm³/mol. The van der Waals surface area contributed by atoms with E-state index in [2.05, 4.69) is 15.9 Å². The van der Waals surface area contributed by atoms with Gasteiger partial charge in [-0.2, -0.15) is 0 Å². The molecule has 0 saturated heterocycles. The molecular formula is C8H11BrO3S. The van der Waals surface area contributed by atoms with Gasteiger partial charge >= 0.3 is 0 Å². The number of hydrogen-bond acceptors (Lipinski definition) is 4. The van der Waals surface area contributed by atoms with Crippen molar-refractivity contribution >= 4 is 27.3 Å². The van der Waals surface area contributed by atoms with Gasteiger partial charge in [-0.3, -0.25) is 0 Å². The van der Waals surface area contributed by atoms with E-state index in [0.29, 0.717) is 10.2 Å². The molecule has 0 radical (unpaired) electrons. The van der Waals surface area contributed by atoms with Crippen LogP contribution in [0, 0.1) is 0 Å². The molecule has 0 aliphatic heterocycles. The van der Waals surface area contributed by atoms with Crippen LogP contribution in [-0.4, -0.2) is 26.8 Å². The summed E-state index contributed by atoms with van der Waals surface area (Å²) < 4.78 is 0. The first-order valence-corrected chi connectivity index (χ1v) is 5.74. The molecule has 13 heavy (non-hydrogen) atoms. The lowest BCUT2D eigenvalue weighted by atomic mass is 10.2. The van der Waals surface area contributed by atoms with E-state index in [1.165, 1.54) is 11.3 Å². The number of halogens is 1. The Kier molecular flexibility index (Phi) is 4.34. The second-order valence-corrected chi connectivity index (χ2v) is 4.48. The Hall–Kier alpha value is 0.0600. The maximum Gasteiger partial charge on any atom is 0.115 e. The van der Waals surface area contributed by atoms with Crippen molar-refractivity contribution in [3.63, 3.8) is 0 Å². The van der Waals surface area contributed by atoms with Crippen molar-refractivity contribution in [2.75, 3.05) is 5.33 Å². The monoisotopic (exact) mass is 266 g/mol. The van der Waals surface area contributed by atoms with Gasteiger partial charge in [-0.15, -0.1) is 11.3 Å². The Morgan fingerprint density at radius 1 is 1.38 bits per heavy atom. The molecule has 0 fully saturated rings. The molecule has 0 spiro atoms. The Bertz CT molecular complexity index is 264. The van der Waals surface area contributed by atoms with Crippen LogP contribution in [0.1, 0.15) is 15.9 Å². The molecule has 0 saturated carbocycles. The van der Waals surface area contributed by atoms with Crippen LogP contribution in [-0.2, 0) is 6.61 Å². The van der Waals surface area contributed by atoms with Crippen LogP contribution in [0.15, 0.2) is 12.1 Å². The zero-order valence-electron chi connectivity index (χ0n) is 6.85. The number of aliphatic hydroxyl groups excluding tert-OH is 3. The minimum absolute atomic E-state index is 0.0260. The molecule has 0 bridgehead atoms. The van der Waals surface area contributed by atoms with Crippen LogP contribution >= 0.6 is 27.3 Å². The summed E-state index contributed by atoms with van der Waals surface area (Å²) in [6.45, 7) is -0.0260. The topological polar surface area (TPSA) is 60.7 Å². The first-order chi connectivity index (χ1) is 6.19. The average molecular weight is 267 g/mol. The van der Waals surface area contributed by atoms with Gasteiger partial charge in [0.25, 0.3) is 0 Å². The van der Waals surface area contributed by atoms with Crippen LogP contribution in [0.4, 0.5) is 0 Å². The summed E-state index contributed by atoms with van der Waals surface area (Å²) in [4.78, 5) is 1.46. The van der Waals surface area contributed by atoms with Crippen molar-refractivity contribution in [3.8, 4) is 0 Å². The standard InChI is InChI=1S/C8H11BrO3S/c9-3-6(11)8(12)7-2-1-5(4-10)13-7/h1-2,6,8,10-12H,3-4H2. The van der Waals surface area contributed by atoms with E-state index in [1.54, 1.807) is 12.1 Å². The number of rotatable bonds is 4. The summed E-state index contributed by atoms with van der Waals surface area (Å²) in [6.07, 6.45) is -1.67. The van der Waals surface area contributed by atoms with Gasteiger partial charge in [0.05, 0.1) is 12.7 Å². The van der Waals surface area contributed by atoms with Crippen molar-refractivity contribution in [2.24, 2.45) is 0 Å². The fourth-order valence-corrected chi connectivity index (χ4v) is 2.18. The molecule has 1 aromatic rings. The number of alkyl halides is 1. The van der Waals surface area contributed by atoms with Crippen LogP contribution in [0.5, 0.6) is 0 Å². The number of hydrogen-bond donors (Lipinski definition) is 3. The third kappa shape index (κ3) is 2.75. The minimum Gasteiger partial charge on any atom is -0.391 e. The largest absolute Gasteiger partial charge is 0.391 e. The normalized spacial score (nSPS) is 15.7. The van der Waals surface area contributed by atoms with E-state index in [9.17, 15) is 10.2 Å². The Balaban J connectivity index is 2.70. The quantitative estimate of drug-likeness (QED) is 0.714. The fourth-order valence-electron chi connectivity index (χ4n) is 0.912. The highest BCUT2D eigenvalue weighted by molar-refractivity contribution is 9.09. The molecule has 5 heteroatoms. The van der Waals surface area contributed by atoms with E-state index in [0.717, 1.165) is 4.88 Å². The second kappa shape index (κ2) is 5.07. The van der Waals surface area contributed by atoms with Gasteiger partial charge in [0.2, 0.25) is 0 Å². The minimum atomic E-state index is -0.871. The van der Waals surface area contributed by atoms with E-state index in [-0.39, 0.29) is 6.61 Å². The summed E-state index contributed by atoms with van der Waals surface area (Å²) in [5.74, 6) is 0. The lowest BCUT2D eigenvalue weighted by molar-refractivity contribution is 0.0366. The summed E-state index contributed by atoms with van der Waals surface area (Å²) >= 11 is 4.39. The molecule has 2 unspecified atom stereocenters. The van der Waals surface area contributed by atoms with Gasteiger partial charge in [0, 0.05) is 15.1 Å². The lowest BCUT2D eigenvalue weighted by Gasteiger charge is -2.13. The van der Waals surface area contributed by atoms with Crippen molar-refractivity contribution in [1.82, 2.24) is 0 Å². The Labute approximate surface area is 88.8 Å². The zero-order valence-corrected chi connectivity index (χ0v) is 9.25. The summed E-state index contributed by atoms with van der Waals surface area (Å²) in [6, 6.07) is 3.46. The molecule has 3 N–H and O–H groups in total. The van der Waals surface area contributed by atoms with Gasteiger partial charge in [-0.25, -0.2) is 0 Å². The molecule has 1 aromatic heterocycles. The first kappa shape index (κ1) is 11.1. The summed E-state index contributed by atoms with van der Waals surface area (Å²) in [5, 5.41) is 28.0. The molecular weight excluding hydrogens is 256 g/mol. The van der Waals surface area contributed by atoms with E-state index in [1.807, 2.05) is 0 Å². The second-order valence-electron chi connectivity index (χ2n) is 2.63. The third-order valence-electron chi connectivity index (χ3n) is 1.65. The average Bonchev–Trinajstić information content (AvgIpc) is 2.63. The molecule has 0 aliphatic carbocycles. The molecule has 1 heterocycles. The fraction of sp³-hybridized carbons (Fsp3) is 0.500. The summed E-state index contributed by atoms with van der Waals surface area (Å²) in [7, 11) is 0. The van der Waals surface area contributed by atoms with Gasteiger partial charge in [-0.05, 0) is 12.1 Å². The highest BCUT2D eigenvalue weighted by Crippen LogP contribution is 2.26. The van der Waals surface area contributed by atoms with Crippen LogP contribution in [0.2, 0.25) is 0 Å². The number of thiophene rings is 1. The smallest absolute Gasteiger partial charge is 0.115 e. The maximum absolute atomic E-state index is 9.55. The number of aliphatic hydroxyl groups is 3. The van der Waals surface area contributed by atoms with Crippen molar-refractivity contribution in [2.45, 2.75) is 18.8 Å². The Morgan fingerprint density at radius 2 is 2.08 bits per heavy atom. The molecule has 74 valence electrons. The van der Waals surface area contributed by atoms with Crippen molar-refractivity contribution in [1.29, 1.82) is 0 Å². The molecule has 0 amide bonds. The van der Waals surface area contributed by atoms with Crippen molar-refractivity contribution in [3.05, 3.63) is 21.9 Å². The molecule has 1 rings (SSSR count). The zero-order chi connectivity index (χ0) is 9.84. The highest BCUT2D eigenvalue weighted by atomic mass is 79.9. The molecule has 0 aliphatic rings. The highest BCUT2D eigenvalue weighted by Gasteiger charge is 2.18.